The fourth-order valence-electron chi connectivity index (χ4n) is 3.60. The van der Waals surface area contributed by atoms with Crippen molar-refractivity contribution in [3.63, 3.8) is 0 Å². The molecule has 1 aliphatic rings. The van der Waals surface area contributed by atoms with Gasteiger partial charge < -0.3 is 24.4 Å². The summed E-state index contributed by atoms with van der Waals surface area (Å²) in [5.41, 5.74) is 0.500. The molecule has 3 rings (SSSR count). The van der Waals surface area contributed by atoms with Gasteiger partial charge in [0.05, 0.1) is 36.4 Å². The zero-order chi connectivity index (χ0) is 23.6. The standard InChI is InChI=1S/C23H24ClFN2O5/c1-26(2)9-10-27-20(13-5-7-14(25)8-6-13)19(22(29)23(27)30)21(28)15-11-16(24)18(32-4)12-17(15)31-3/h5-8,11-12,20,28H,9-10H2,1-4H3/b21-19+. The molecule has 32 heavy (non-hydrogen) atoms. The molecule has 1 fully saturated rings. The fourth-order valence-corrected chi connectivity index (χ4v) is 3.84. The first-order chi connectivity index (χ1) is 15.2. The van der Waals surface area contributed by atoms with Gasteiger partial charge in [0, 0.05) is 19.2 Å². The first-order valence-electron chi connectivity index (χ1n) is 9.80. The van der Waals surface area contributed by atoms with E-state index in [4.69, 9.17) is 21.1 Å². The van der Waals surface area contributed by atoms with E-state index in [9.17, 15) is 19.1 Å². The molecule has 2 aromatic rings. The number of carbonyl (C=O) groups excluding carboxylic acids is 2. The second-order valence-electron chi connectivity index (χ2n) is 7.53. The van der Waals surface area contributed by atoms with E-state index in [1.54, 1.807) is 0 Å². The van der Waals surface area contributed by atoms with Gasteiger partial charge in [-0.2, -0.15) is 0 Å². The number of likely N-dealkylation sites (N-methyl/N-ethyl adjacent to an activating group) is 1. The van der Waals surface area contributed by atoms with E-state index < -0.39 is 29.3 Å². The summed E-state index contributed by atoms with van der Waals surface area (Å²) in [6.45, 7) is 0.722. The van der Waals surface area contributed by atoms with Crippen LogP contribution in [0.15, 0.2) is 42.0 Å². The topological polar surface area (TPSA) is 79.3 Å². The number of rotatable bonds is 7. The lowest BCUT2D eigenvalue weighted by molar-refractivity contribution is -0.140. The number of nitrogens with zero attached hydrogens (tertiary/aromatic N) is 2. The lowest BCUT2D eigenvalue weighted by Gasteiger charge is -2.26. The lowest BCUT2D eigenvalue weighted by Crippen LogP contribution is -2.35. The van der Waals surface area contributed by atoms with Gasteiger partial charge in [0.1, 0.15) is 23.1 Å². The highest BCUT2D eigenvalue weighted by molar-refractivity contribution is 6.46. The van der Waals surface area contributed by atoms with Crippen LogP contribution in [0.3, 0.4) is 0 Å². The largest absolute Gasteiger partial charge is 0.507 e. The van der Waals surface area contributed by atoms with Gasteiger partial charge in [-0.1, -0.05) is 23.7 Å². The Balaban J connectivity index is 2.22. The van der Waals surface area contributed by atoms with Crippen LogP contribution in [0.25, 0.3) is 5.76 Å². The highest BCUT2D eigenvalue weighted by Gasteiger charge is 2.46. The summed E-state index contributed by atoms with van der Waals surface area (Å²) < 4.78 is 24.1. The molecule has 1 aliphatic heterocycles. The molecule has 1 unspecified atom stereocenters. The Bertz CT molecular complexity index is 1070. The molecular weight excluding hydrogens is 439 g/mol. The van der Waals surface area contributed by atoms with Crippen LogP contribution in [0.2, 0.25) is 5.02 Å². The van der Waals surface area contributed by atoms with Gasteiger partial charge in [-0.15, -0.1) is 0 Å². The molecule has 7 nitrogen and oxygen atoms in total. The SMILES string of the molecule is COc1cc(OC)c(/C(O)=C2\C(=O)C(=O)N(CCN(C)C)C2c2ccc(F)cc2)cc1Cl. The van der Waals surface area contributed by atoms with Crippen LogP contribution >= 0.6 is 11.6 Å². The molecule has 1 amide bonds. The second kappa shape index (κ2) is 9.58. The van der Waals surface area contributed by atoms with Crippen molar-refractivity contribution >= 4 is 29.1 Å². The third kappa shape index (κ3) is 4.42. The molecule has 9 heteroatoms. The number of ether oxygens (including phenoxy) is 2. The van der Waals surface area contributed by atoms with Gasteiger partial charge >= 0.3 is 0 Å². The fraction of sp³-hybridized carbons (Fsp3) is 0.304. The van der Waals surface area contributed by atoms with Crippen molar-refractivity contribution in [3.8, 4) is 11.5 Å². The average Bonchev–Trinajstić information content (AvgIpc) is 3.02. The predicted octanol–water partition coefficient (Wildman–Crippen LogP) is 3.48. The summed E-state index contributed by atoms with van der Waals surface area (Å²) in [6, 6.07) is 7.44. The van der Waals surface area contributed by atoms with Crippen LogP contribution in [0.1, 0.15) is 17.2 Å². The maximum atomic E-state index is 13.6. The lowest BCUT2D eigenvalue weighted by atomic mass is 9.95. The van der Waals surface area contributed by atoms with Gasteiger partial charge in [0.15, 0.2) is 0 Å². The Kier molecular flexibility index (Phi) is 7.06. The van der Waals surface area contributed by atoms with Gasteiger partial charge in [0.2, 0.25) is 0 Å². The minimum absolute atomic E-state index is 0.125. The van der Waals surface area contributed by atoms with E-state index in [-0.39, 0.29) is 28.5 Å². The van der Waals surface area contributed by atoms with E-state index in [0.29, 0.717) is 17.9 Å². The number of hydrogen-bond donors (Lipinski definition) is 1. The number of carbonyl (C=O) groups is 2. The summed E-state index contributed by atoms with van der Waals surface area (Å²) in [6.07, 6.45) is 0. The van der Waals surface area contributed by atoms with Crippen molar-refractivity contribution in [3.05, 3.63) is 63.9 Å². The zero-order valence-corrected chi connectivity index (χ0v) is 18.9. The Morgan fingerprint density at radius 1 is 1.12 bits per heavy atom. The Hall–Kier alpha value is -3.10. The third-order valence-electron chi connectivity index (χ3n) is 5.24. The van der Waals surface area contributed by atoms with Crippen LogP contribution in [-0.2, 0) is 9.59 Å². The van der Waals surface area contributed by atoms with E-state index >= 15 is 0 Å². The number of likely N-dealkylation sites (tertiary alicyclic amines) is 1. The number of benzene rings is 2. The molecule has 0 aliphatic carbocycles. The number of methoxy groups -OCH3 is 2. The van der Waals surface area contributed by atoms with Crippen LogP contribution in [0.4, 0.5) is 4.39 Å². The Labute approximate surface area is 190 Å². The molecular formula is C23H24ClFN2O5. The van der Waals surface area contributed by atoms with Crippen molar-refractivity contribution in [2.45, 2.75) is 6.04 Å². The first-order valence-corrected chi connectivity index (χ1v) is 10.2. The highest BCUT2D eigenvalue weighted by Crippen LogP contribution is 2.42. The molecule has 0 aromatic heterocycles. The molecule has 0 saturated carbocycles. The molecule has 1 saturated heterocycles. The molecule has 1 atom stereocenters. The normalized spacial score (nSPS) is 17.8. The number of amides is 1. The number of Topliss-reactive ketones (excluding diaryl/α,β-unsaturated/α-hetero) is 1. The van der Waals surface area contributed by atoms with Crippen molar-refractivity contribution in [1.29, 1.82) is 0 Å². The van der Waals surface area contributed by atoms with Crippen molar-refractivity contribution in [2.24, 2.45) is 0 Å². The van der Waals surface area contributed by atoms with Crippen LogP contribution in [0, 0.1) is 5.82 Å². The van der Waals surface area contributed by atoms with Crippen LogP contribution in [-0.4, -0.2) is 68.0 Å². The van der Waals surface area contributed by atoms with Crippen molar-refractivity contribution < 1.29 is 28.6 Å². The number of hydrogen-bond acceptors (Lipinski definition) is 6. The summed E-state index contributed by atoms with van der Waals surface area (Å²) in [5.74, 6) is -1.96. The molecule has 1 heterocycles. The van der Waals surface area contributed by atoms with Gasteiger partial charge in [-0.05, 0) is 37.9 Å². The van der Waals surface area contributed by atoms with E-state index in [2.05, 4.69) is 0 Å². The third-order valence-corrected chi connectivity index (χ3v) is 5.54. The number of ketones is 1. The quantitative estimate of drug-likeness (QED) is 0.385. The summed E-state index contributed by atoms with van der Waals surface area (Å²) >= 11 is 6.23. The average molecular weight is 463 g/mol. The molecule has 0 spiro atoms. The minimum Gasteiger partial charge on any atom is -0.507 e. The van der Waals surface area contributed by atoms with Crippen LogP contribution in [0.5, 0.6) is 11.5 Å². The van der Waals surface area contributed by atoms with E-state index in [0.717, 1.165) is 0 Å². The maximum absolute atomic E-state index is 13.6. The zero-order valence-electron chi connectivity index (χ0n) is 18.2. The molecule has 0 bridgehead atoms. The second-order valence-corrected chi connectivity index (χ2v) is 7.94. The molecule has 0 radical (unpaired) electrons. The van der Waals surface area contributed by atoms with Crippen molar-refractivity contribution in [2.75, 3.05) is 41.4 Å². The van der Waals surface area contributed by atoms with E-state index in [1.807, 2.05) is 19.0 Å². The summed E-state index contributed by atoms with van der Waals surface area (Å²) in [5, 5.41) is 11.4. The van der Waals surface area contributed by atoms with E-state index in [1.165, 1.54) is 55.5 Å². The molecule has 170 valence electrons. The first kappa shape index (κ1) is 23.6. The Morgan fingerprint density at radius 3 is 2.31 bits per heavy atom. The predicted molar refractivity (Wildman–Crippen MR) is 119 cm³/mol. The van der Waals surface area contributed by atoms with Gasteiger partial charge in [-0.25, -0.2) is 4.39 Å². The number of halogens is 2. The smallest absolute Gasteiger partial charge is 0.295 e. The maximum Gasteiger partial charge on any atom is 0.295 e. The Morgan fingerprint density at radius 2 is 1.75 bits per heavy atom. The molecule has 1 N–H and O–H groups in total. The minimum atomic E-state index is -0.902. The number of aliphatic hydroxyl groups is 1. The highest BCUT2D eigenvalue weighted by atomic mass is 35.5. The van der Waals surface area contributed by atoms with Crippen molar-refractivity contribution in [1.82, 2.24) is 9.80 Å². The number of aliphatic hydroxyl groups excluding tert-OH is 1. The summed E-state index contributed by atoms with van der Waals surface area (Å²) in [7, 11) is 6.51. The summed E-state index contributed by atoms with van der Waals surface area (Å²) in [4.78, 5) is 29.2. The molecule has 2 aromatic carbocycles. The monoisotopic (exact) mass is 462 g/mol. The van der Waals surface area contributed by atoms with Crippen LogP contribution < -0.4 is 9.47 Å². The van der Waals surface area contributed by atoms with Gasteiger partial charge in [-0.3, -0.25) is 9.59 Å². The van der Waals surface area contributed by atoms with Gasteiger partial charge in [0.25, 0.3) is 11.7 Å².